The number of hydrogen-bond donors (Lipinski definition) is 2. The molecule has 2 aromatic heterocycles. The third kappa shape index (κ3) is 3.64. The number of carbonyl (C=O) groups is 1. The summed E-state index contributed by atoms with van der Waals surface area (Å²) in [6.07, 6.45) is 0. The topological polar surface area (TPSA) is 67.0 Å². The minimum Gasteiger partial charge on any atom is -0.497 e. The van der Waals surface area contributed by atoms with Crippen LogP contribution in [0.15, 0.2) is 66.7 Å². The van der Waals surface area contributed by atoms with Gasteiger partial charge in [-0.1, -0.05) is 24.3 Å². The lowest BCUT2D eigenvalue weighted by Gasteiger charge is -2.08. The van der Waals surface area contributed by atoms with Crippen LogP contribution in [0, 0.1) is 5.82 Å². The molecule has 0 fully saturated rings. The highest BCUT2D eigenvalue weighted by molar-refractivity contribution is 7.22. The quantitative estimate of drug-likeness (QED) is 0.385. The summed E-state index contributed by atoms with van der Waals surface area (Å²) in [5, 5.41) is 12.1. The molecule has 2 N–H and O–H groups in total. The number of carbonyl (C=O) groups excluding carboxylic acids is 1. The number of halogens is 1. The van der Waals surface area contributed by atoms with E-state index in [2.05, 4.69) is 33.7 Å². The molecule has 31 heavy (non-hydrogen) atoms. The van der Waals surface area contributed by atoms with Gasteiger partial charge in [0.25, 0.3) is 5.91 Å². The van der Waals surface area contributed by atoms with Crippen molar-refractivity contribution in [1.29, 1.82) is 0 Å². The van der Waals surface area contributed by atoms with Crippen LogP contribution in [-0.4, -0.2) is 23.2 Å². The Morgan fingerprint density at radius 3 is 2.84 bits per heavy atom. The fourth-order valence-corrected chi connectivity index (χ4v) is 4.61. The predicted molar refractivity (Wildman–Crippen MR) is 121 cm³/mol. The number of methoxy groups -OCH3 is 1. The van der Waals surface area contributed by atoms with E-state index in [1.54, 1.807) is 48.8 Å². The Morgan fingerprint density at radius 1 is 1.13 bits per heavy atom. The maximum atomic E-state index is 14.7. The van der Waals surface area contributed by atoms with Crippen LogP contribution in [-0.2, 0) is 6.54 Å². The van der Waals surface area contributed by atoms with E-state index in [-0.39, 0.29) is 12.5 Å². The maximum Gasteiger partial charge on any atom is 0.251 e. The van der Waals surface area contributed by atoms with Gasteiger partial charge in [-0.15, -0.1) is 11.3 Å². The fraction of sp³-hybridized carbons (Fsp3) is 0.0833. The fourth-order valence-electron chi connectivity index (χ4n) is 3.55. The first kappa shape index (κ1) is 19.3. The third-order valence-corrected chi connectivity index (χ3v) is 6.28. The molecule has 5 aromatic rings. The predicted octanol–water partition coefficient (Wildman–Crippen LogP) is 5.52. The van der Waals surface area contributed by atoms with Crippen molar-refractivity contribution in [2.75, 3.05) is 7.11 Å². The first-order valence-corrected chi connectivity index (χ1v) is 10.5. The maximum absolute atomic E-state index is 14.7. The van der Waals surface area contributed by atoms with Crippen LogP contribution in [0.3, 0.4) is 0 Å². The number of ether oxygens (including phenoxy) is 1. The Kier molecular flexibility index (Phi) is 4.88. The van der Waals surface area contributed by atoms with Crippen LogP contribution in [0.5, 0.6) is 5.75 Å². The van der Waals surface area contributed by atoms with Crippen LogP contribution >= 0.6 is 11.3 Å². The summed E-state index contributed by atoms with van der Waals surface area (Å²) in [5.74, 6) is -0.105. The van der Waals surface area contributed by atoms with Gasteiger partial charge in [-0.05, 0) is 47.9 Å². The summed E-state index contributed by atoms with van der Waals surface area (Å²) >= 11 is 1.64. The lowest BCUT2D eigenvalue weighted by Crippen LogP contribution is -2.23. The summed E-state index contributed by atoms with van der Waals surface area (Å²) in [5.41, 5.74) is 2.24. The van der Waals surface area contributed by atoms with E-state index in [9.17, 15) is 9.18 Å². The minimum atomic E-state index is -0.398. The van der Waals surface area contributed by atoms with Crippen molar-refractivity contribution >= 4 is 38.2 Å². The normalized spacial score (nSPS) is 11.2. The van der Waals surface area contributed by atoms with Gasteiger partial charge in [0.05, 0.1) is 17.5 Å². The lowest BCUT2D eigenvalue weighted by molar-refractivity contribution is 0.0950. The van der Waals surface area contributed by atoms with Gasteiger partial charge < -0.3 is 10.1 Å². The molecule has 0 aliphatic heterocycles. The van der Waals surface area contributed by atoms with E-state index in [0.717, 1.165) is 21.3 Å². The first-order valence-electron chi connectivity index (χ1n) is 9.70. The average Bonchev–Trinajstić information content (AvgIpc) is 3.40. The number of thiophene rings is 1. The molecule has 0 spiro atoms. The number of aromatic amines is 1. The second-order valence-electron chi connectivity index (χ2n) is 7.12. The van der Waals surface area contributed by atoms with Crippen LogP contribution in [0.25, 0.3) is 31.6 Å². The molecule has 0 atom stereocenters. The van der Waals surface area contributed by atoms with Crippen molar-refractivity contribution < 1.29 is 13.9 Å². The third-order valence-electron chi connectivity index (χ3n) is 5.16. The summed E-state index contributed by atoms with van der Waals surface area (Å²) in [4.78, 5) is 13.5. The molecule has 7 heteroatoms. The molecule has 1 amide bonds. The molecule has 0 aliphatic rings. The van der Waals surface area contributed by atoms with E-state index in [1.165, 1.54) is 10.8 Å². The van der Waals surface area contributed by atoms with Crippen molar-refractivity contribution in [2.45, 2.75) is 6.54 Å². The Bertz CT molecular complexity index is 1390. The number of aromatic nitrogens is 2. The molecule has 3 aromatic carbocycles. The van der Waals surface area contributed by atoms with Gasteiger partial charge in [-0.25, -0.2) is 4.39 Å². The van der Waals surface area contributed by atoms with Crippen molar-refractivity contribution in [3.8, 4) is 16.3 Å². The highest BCUT2D eigenvalue weighted by atomic mass is 32.1. The van der Waals surface area contributed by atoms with E-state index >= 15 is 0 Å². The van der Waals surface area contributed by atoms with Gasteiger partial charge in [0.1, 0.15) is 17.3 Å². The van der Waals surface area contributed by atoms with E-state index in [0.29, 0.717) is 22.4 Å². The summed E-state index contributed by atoms with van der Waals surface area (Å²) in [7, 11) is 1.54. The Morgan fingerprint density at radius 2 is 2.00 bits per heavy atom. The molecule has 0 aliphatic carbocycles. The van der Waals surface area contributed by atoms with E-state index in [1.807, 2.05) is 12.1 Å². The van der Waals surface area contributed by atoms with Gasteiger partial charge in [-0.2, -0.15) is 5.10 Å². The molecular weight excluding hydrogens is 413 g/mol. The molecule has 0 unspecified atom stereocenters. The number of nitrogens with one attached hydrogen (secondary N) is 2. The molecule has 5 rings (SSSR count). The van der Waals surface area contributed by atoms with E-state index in [4.69, 9.17) is 4.74 Å². The zero-order valence-corrected chi connectivity index (χ0v) is 17.4. The largest absolute Gasteiger partial charge is 0.497 e. The van der Waals surface area contributed by atoms with Crippen molar-refractivity contribution in [3.63, 3.8) is 0 Å². The molecule has 0 bridgehead atoms. The van der Waals surface area contributed by atoms with Gasteiger partial charge in [0, 0.05) is 27.8 Å². The van der Waals surface area contributed by atoms with Crippen LogP contribution in [0.1, 0.15) is 15.9 Å². The number of H-pyrrole nitrogens is 1. The first-order chi connectivity index (χ1) is 15.1. The Balaban J connectivity index is 1.44. The van der Waals surface area contributed by atoms with Gasteiger partial charge >= 0.3 is 0 Å². The van der Waals surface area contributed by atoms with Crippen LogP contribution in [0.2, 0.25) is 0 Å². The minimum absolute atomic E-state index is 0.0643. The highest BCUT2D eigenvalue weighted by Gasteiger charge is 2.15. The summed E-state index contributed by atoms with van der Waals surface area (Å²) < 4.78 is 21.0. The molecule has 0 saturated heterocycles. The molecule has 154 valence electrons. The number of fused-ring (bicyclic) bond motifs is 2. The van der Waals surface area contributed by atoms with Crippen molar-refractivity contribution in [3.05, 3.63) is 83.7 Å². The van der Waals surface area contributed by atoms with Gasteiger partial charge in [-0.3, -0.25) is 9.89 Å². The Hall–Kier alpha value is -3.71. The number of nitrogens with zero attached hydrogens (tertiary/aromatic N) is 1. The number of amides is 1. The second kappa shape index (κ2) is 7.85. The van der Waals surface area contributed by atoms with Crippen molar-refractivity contribution in [1.82, 2.24) is 15.5 Å². The monoisotopic (exact) mass is 431 g/mol. The number of hydrogen-bond acceptors (Lipinski definition) is 4. The highest BCUT2D eigenvalue weighted by Crippen LogP contribution is 2.36. The number of benzene rings is 3. The van der Waals surface area contributed by atoms with Gasteiger partial charge in [0.15, 0.2) is 0 Å². The molecule has 0 radical (unpaired) electrons. The zero-order chi connectivity index (χ0) is 21.4. The lowest BCUT2D eigenvalue weighted by atomic mass is 10.1. The average molecular weight is 431 g/mol. The molecular formula is C24H18FN3O2S. The summed E-state index contributed by atoms with van der Waals surface area (Å²) in [6, 6.07) is 20.2. The van der Waals surface area contributed by atoms with Crippen LogP contribution < -0.4 is 10.1 Å². The zero-order valence-electron chi connectivity index (χ0n) is 16.6. The molecule has 5 nitrogen and oxygen atoms in total. The SMILES string of the molecule is COc1cccc(C(=O)NCc2cc3c(-c4cc5ccccc5s4)n[nH]c3cc2F)c1. The smallest absolute Gasteiger partial charge is 0.251 e. The van der Waals surface area contributed by atoms with E-state index < -0.39 is 5.82 Å². The standard InChI is InChI=1S/C24H18FN3O2S/c1-30-17-7-4-6-15(9-17)24(29)26-13-16-10-18-20(12-19(16)25)27-28-23(18)22-11-14-5-2-3-8-21(14)31-22/h2-12H,13H2,1H3,(H,26,29)(H,27,28). The van der Waals surface area contributed by atoms with Crippen molar-refractivity contribution in [2.24, 2.45) is 0 Å². The molecule has 0 saturated carbocycles. The molecule has 2 heterocycles. The second-order valence-corrected chi connectivity index (χ2v) is 8.21. The summed E-state index contributed by atoms with van der Waals surface area (Å²) in [6.45, 7) is 0.0643. The van der Waals surface area contributed by atoms with Crippen LogP contribution in [0.4, 0.5) is 4.39 Å². The Labute approximate surface area is 181 Å². The number of rotatable bonds is 5. The van der Waals surface area contributed by atoms with Gasteiger partial charge in [0.2, 0.25) is 0 Å².